The maximum Gasteiger partial charge on any atom is 0.338 e. The van der Waals surface area contributed by atoms with Crippen LogP contribution in [0.5, 0.6) is 11.5 Å². The van der Waals surface area contributed by atoms with E-state index in [0.717, 1.165) is 11.1 Å². The fourth-order valence-corrected chi connectivity index (χ4v) is 2.58. The van der Waals surface area contributed by atoms with Crippen LogP contribution in [0.1, 0.15) is 40.0 Å². The highest BCUT2D eigenvalue weighted by molar-refractivity contribution is 5.92. The van der Waals surface area contributed by atoms with E-state index in [2.05, 4.69) is 5.32 Å². The molecule has 0 radical (unpaired) electrons. The quantitative estimate of drug-likeness (QED) is 0.756. The molecule has 1 amide bonds. The van der Waals surface area contributed by atoms with Crippen molar-refractivity contribution in [2.75, 3.05) is 20.8 Å². The standard InChI is InChI=1S/C21H25NO5/c1-13-6-7-16(10-14(13)2)15(3)22-20(23)12-27-21(24)17-8-9-18(25-4)19(11-17)26-5/h6-11,15H,12H2,1-5H3,(H,22,23)/t15-/m1/s1. The van der Waals surface area contributed by atoms with Gasteiger partial charge in [0.05, 0.1) is 25.8 Å². The number of benzene rings is 2. The van der Waals surface area contributed by atoms with Crippen LogP contribution in [0.2, 0.25) is 0 Å². The molecule has 0 aliphatic heterocycles. The number of ether oxygens (including phenoxy) is 3. The second kappa shape index (κ2) is 9.07. The summed E-state index contributed by atoms with van der Waals surface area (Å²) in [5.74, 6) is -0.0479. The Morgan fingerprint density at radius 2 is 1.67 bits per heavy atom. The predicted octanol–water partition coefficient (Wildman–Crippen LogP) is 3.35. The van der Waals surface area contributed by atoms with Gasteiger partial charge in [-0.2, -0.15) is 0 Å². The highest BCUT2D eigenvalue weighted by atomic mass is 16.5. The second-order valence-corrected chi connectivity index (χ2v) is 6.28. The third kappa shape index (κ3) is 5.23. The zero-order valence-corrected chi connectivity index (χ0v) is 16.3. The summed E-state index contributed by atoms with van der Waals surface area (Å²) in [6, 6.07) is 10.5. The van der Waals surface area contributed by atoms with E-state index in [1.807, 2.05) is 39.0 Å². The first kappa shape index (κ1) is 20.3. The van der Waals surface area contributed by atoms with Crippen molar-refractivity contribution in [1.82, 2.24) is 5.32 Å². The maximum absolute atomic E-state index is 12.2. The van der Waals surface area contributed by atoms with Gasteiger partial charge in [-0.15, -0.1) is 0 Å². The van der Waals surface area contributed by atoms with Gasteiger partial charge >= 0.3 is 5.97 Å². The third-order valence-corrected chi connectivity index (χ3v) is 4.36. The minimum Gasteiger partial charge on any atom is -0.493 e. The first-order chi connectivity index (χ1) is 12.8. The van der Waals surface area contributed by atoms with Gasteiger partial charge in [-0.25, -0.2) is 4.79 Å². The molecule has 0 unspecified atom stereocenters. The van der Waals surface area contributed by atoms with E-state index in [4.69, 9.17) is 14.2 Å². The number of esters is 1. The van der Waals surface area contributed by atoms with Gasteiger partial charge in [-0.05, 0) is 55.7 Å². The molecule has 1 atom stereocenters. The Hall–Kier alpha value is -3.02. The Morgan fingerprint density at radius 3 is 2.30 bits per heavy atom. The summed E-state index contributed by atoms with van der Waals surface area (Å²) in [4.78, 5) is 24.3. The van der Waals surface area contributed by atoms with Gasteiger partial charge in [0.25, 0.3) is 5.91 Å². The molecule has 1 N–H and O–H groups in total. The molecule has 0 aromatic heterocycles. The van der Waals surface area contributed by atoms with E-state index in [1.165, 1.54) is 25.8 Å². The van der Waals surface area contributed by atoms with Gasteiger partial charge in [0.15, 0.2) is 18.1 Å². The largest absolute Gasteiger partial charge is 0.493 e. The van der Waals surface area contributed by atoms with Crippen molar-refractivity contribution < 1.29 is 23.8 Å². The lowest BCUT2D eigenvalue weighted by Gasteiger charge is -2.16. The van der Waals surface area contributed by atoms with E-state index < -0.39 is 5.97 Å². The Balaban J connectivity index is 1.92. The minimum absolute atomic E-state index is 0.184. The molecule has 6 heteroatoms. The van der Waals surface area contributed by atoms with Gasteiger partial charge in [0, 0.05) is 0 Å². The molecule has 144 valence electrons. The number of aryl methyl sites for hydroxylation is 2. The van der Waals surface area contributed by atoms with E-state index in [9.17, 15) is 9.59 Å². The summed E-state index contributed by atoms with van der Waals surface area (Å²) in [6.07, 6.45) is 0. The summed E-state index contributed by atoms with van der Waals surface area (Å²) in [5, 5.41) is 2.83. The number of amides is 1. The number of hydrogen-bond acceptors (Lipinski definition) is 5. The van der Waals surface area contributed by atoms with Crippen LogP contribution < -0.4 is 14.8 Å². The van der Waals surface area contributed by atoms with E-state index in [-0.39, 0.29) is 24.1 Å². The molecule has 2 aromatic carbocycles. The predicted molar refractivity (Wildman–Crippen MR) is 102 cm³/mol. The van der Waals surface area contributed by atoms with Crippen LogP contribution in [0.15, 0.2) is 36.4 Å². The third-order valence-electron chi connectivity index (χ3n) is 4.36. The molecule has 6 nitrogen and oxygen atoms in total. The summed E-state index contributed by atoms with van der Waals surface area (Å²) < 4.78 is 15.4. The number of carbonyl (C=O) groups excluding carboxylic acids is 2. The van der Waals surface area contributed by atoms with Crippen LogP contribution in [-0.4, -0.2) is 32.7 Å². The lowest BCUT2D eigenvalue weighted by molar-refractivity contribution is -0.124. The van der Waals surface area contributed by atoms with Crippen molar-refractivity contribution in [2.24, 2.45) is 0 Å². The number of carbonyl (C=O) groups is 2. The summed E-state index contributed by atoms with van der Waals surface area (Å²) >= 11 is 0. The van der Waals surface area contributed by atoms with Crippen LogP contribution in [0.4, 0.5) is 0 Å². The second-order valence-electron chi connectivity index (χ2n) is 6.28. The molecule has 0 spiro atoms. The van der Waals surface area contributed by atoms with Gasteiger partial charge in [0.1, 0.15) is 0 Å². The van der Waals surface area contributed by atoms with Crippen molar-refractivity contribution in [3.63, 3.8) is 0 Å². The average molecular weight is 371 g/mol. The first-order valence-corrected chi connectivity index (χ1v) is 8.61. The van der Waals surface area contributed by atoms with Crippen LogP contribution >= 0.6 is 0 Å². The first-order valence-electron chi connectivity index (χ1n) is 8.61. The van der Waals surface area contributed by atoms with Crippen molar-refractivity contribution in [1.29, 1.82) is 0 Å². The van der Waals surface area contributed by atoms with E-state index in [0.29, 0.717) is 11.5 Å². The van der Waals surface area contributed by atoms with Crippen molar-refractivity contribution in [3.05, 3.63) is 58.7 Å². The molecule has 0 saturated carbocycles. The molecule has 0 heterocycles. The van der Waals surface area contributed by atoms with Crippen LogP contribution in [0.25, 0.3) is 0 Å². The molecule has 0 bridgehead atoms. The van der Waals surface area contributed by atoms with Gasteiger partial charge < -0.3 is 19.5 Å². The van der Waals surface area contributed by atoms with Gasteiger partial charge in [-0.3, -0.25) is 4.79 Å². The fourth-order valence-electron chi connectivity index (χ4n) is 2.58. The lowest BCUT2D eigenvalue weighted by Crippen LogP contribution is -2.31. The molecule has 2 rings (SSSR count). The molecule has 0 aliphatic rings. The molecule has 0 fully saturated rings. The average Bonchev–Trinajstić information content (AvgIpc) is 2.67. The number of hydrogen-bond donors (Lipinski definition) is 1. The molecule has 2 aromatic rings. The lowest BCUT2D eigenvalue weighted by atomic mass is 10.0. The summed E-state index contributed by atoms with van der Waals surface area (Å²) in [7, 11) is 2.99. The Bertz CT molecular complexity index is 831. The monoisotopic (exact) mass is 371 g/mol. The zero-order valence-electron chi connectivity index (χ0n) is 16.3. The Labute approximate surface area is 159 Å². The number of methoxy groups -OCH3 is 2. The number of nitrogens with one attached hydrogen (secondary N) is 1. The smallest absolute Gasteiger partial charge is 0.338 e. The minimum atomic E-state index is -0.607. The van der Waals surface area contributed by atoms with Crippen LogP contribution in [0, 0.1) is 13.8 Å². The van der Waals surface area contributed by atoms with Crippen molar-refractivity contribution >= 4 is 11.9 Å². The van der Waals surface area contributed by atoms with Crippen molar-refractivity contribution in [3.8, 4) is 11.5 Å². The highest BCUT2D eigenvalue weighted by Crippen LogP contribution is 2.27. The molecule has 0 saturated heterocycles. The number of rotatable bonds is 7. The van der Waals surface area contributed by atoms with Gasteiger partial charge in [-0.1, -0.05) is 18.2 Å². The van der Waals surface area contributed by atoms with Gasteiger partial charge in [0.2, 0.25) is 0 Å². The van der Waals surface area contributed by atoms with Crippen molar-refractivity contribution in [2.45, 2.75) is 26.8 Å². The van der Waals surface area contributed by atoms with Crippen LogP contribution in [0.3, 0.4) is 0 Å². The Kier molecular flexibility index (Phi) is 6.82. The topological polar surface area (TPSA) is 73.9 Å². The molecular weight excluding hydrogens is 346 g/mol. The molecular formula is C21H25NO5. The zero-order chi connectivity index (χ0) is 20.0. The molecule has 0 aliphatic carbocycles. The SMILES string of the molecule is COc1ccc(C(=O)OCC(=O)N[C@H](C)c2ccc(C)c(C)c2)cc1OC. The summed E-state index contributed by atoms with van der Waals surface area (Å²) in [5.41, 5.74) is 3.63. The highest BCUT2D eigenvalue weighted by Gasteiger charge is 2.15. The van der Waals surface area contributed by atoms with E-state index in [1.54, 1.807) is 12.1 Å². The van der Waals surface area contributed by atoms with E-state index >= 15 is 0 Å². The summed E-state index contributed by atoms with van der Waals surface area (Å²) in [6.45, 7) is 5.59. The van der Waals surface area contributed by atoms with Crippen LogP contribution in [-0.2, 0) is 9.53 Å². The Morgan fingerprint density at radius 1 is 0.963 bits per heavy atom. The fraction of sp³-hybridized carbons (Fsp3) is 0.333. The molecule has 27 heavy (non-hydrogen) atoms. The maximum atomic E-state index is 12.2. The normalized spacial score (nSPS) is 11.4.